The number of ether oxygens (including phenoxy) is 1. The summed E-state index contributed by atoms with van der Waals surface area (Å²) in [5.41, 5.74) is 1.99. The van der Waals surface area contributed by atoms with E-state index in [2.05, 4.69) is 30.3 Å². The zero-order chi connectivity index (χ0) is 17.8. The van der Waals surface area contributed by atoms with Gasteiger partial charge in [0, 0.05) is 6.20 Å². The molecule has 9 nitrogen and oxygen atoms in total. The third-order valence-corrected chi connectivity index (χ3v) is 3.30. The fraction of sp³-hybridized carbons (Fsp3) is 0.125. The van der Waals surface area contributed by atoms with Crippen LogP contribution in [0.1, 0.15) is 26.7 Å². The van der Waals surface area contributed by atoms with Gasteiger partial charge >= 0.3 is 5.97 Å². The van der Waals surface area contributed by atoms with E-state index in [1.54, 1.807) is 31.2 Å². The van der Waals surface area contributed by atoms with E-state index < -0.39 is 11.9 Å². The van der Waals surface area contributed by atoms with Gasteiger partial charge in [-0.1, -0.05) is 17.3 Å². The molecule has 0 unspecified atom stereocenters. The Labute approximate surface area is 142 Å². The SMILES string of the molecule is COC(=O)c1cn(-c2ccccc2NC(=O)c2cnc(C)cn2)nn1. The number of carbonyl (C=O) groups excluding carboxylic acids is 2. The molecular formula is C16H14N6O3. The van der Waals surface area contributed by atoms with Crippen LogP contribution in [0.25, 0.3) is 5.69 Å². The van der Waals surface area contributed by atoms with Gasteiger partial charge in [-0.3, -0.25) is 9.78 Å². The van der Waals surface area contributed by atoms with E-state index in [1.807, 2.05) is 0 Å². The Morgan fingerprint density at radius 3 is 2.64 bits per heavy atom. The average molecular weight is 338 g/mol. The molecule has 1 N–H and O–H groups in total. The molecule has 0 saturated heterocycles. The topological polar surface area (TPSA) is 112 Å². The number of benzene rings is 1. The molecule has 0 saturated carbocycles. The predicted molar refractivity (Wildman–Crippen MR) is 87.4 cm³/mol. The van der Waals surface area contributed by atoms with Crippen LogP contribution in [0.4, 0.5) is 5.69 Å². The molecule has 0 bridgehead atoms. The van der Waals surface area contributed by atoms with E-state index in [4.69, 9.17) is 0 Å². The van der Waals surface area contributed by atoms with Crippen LogP contribution in [-0.2, 0) is 4.74 Å². The average Bonchev–Trinajstić information content (AvgIpc) is 3.12. The number of rotatable bonds is 4. The van der Waals surface area contributed by atoms with Crippen molar-refractivity contribution in [3.8, 4) is 5.69 Å². The summed E-state index contributed by atoms with van der Waals surface area (Å²) >= 11 is 0. The minimum Gasteiger partial charge on any atom is -0.464 e. The maximum absolute atomic E-state index is 12.3. The smallest absolute Gasteiger partial charge is 0.360 e. The summed E-state index contributed by atoms with van der Waals surface area (Å²) in [6, 6.07) is 6.97. The number of aryl methyl sites for hydroxylation is 1. The van der Waals surface area contributed by atoms with Crippen LogP contribution in [0.5, 0.6) is 0 Å². The predicted octanol–water partition coefficient (Wildman–Crippen LogP) is 1.40. The van der Waals surface area contributed by atoms with Crippen LogP contribution in [0.15, 0.2) is 42.9 Å². The number of para-hydroxylation sites is 2. The highest BCUT2D eigenvalue weighted by molar-refractivity contribution is 6.03. The van der Waals surface area contributed by atoms with Crippen molar-refractivity contribution in [3.63, 3.8) is 0 Å². The van der Waals surface area contributed by atoms with E-state index in [1.165, 1.54) is 30.4 Å². The number of amides is 1. The van der Waals surface area contributed by atoms with Gasteiger partial charge in [0.05, 0.1) is 36.6 Å². The first-order valence-corrected chi connectivity index (χ1v) is 7.28. The standard InChI is InChI=1S/C16H14N6O3/c1-10-7-18-12(8-17-10)15(23)19-11-5-3-4-6-14(11)22-9-13(20-21-22)16(24)25-2/h3-9H,1-2H3,(H,19,23). The lowest BCUT2D eigenvalue weighted by molar-refractivity contribution is 0.0593. The Morgan fingerprint density at radius 1 is 1.12 bits per heavy atom. The molecule has 2 aromatic heterocycles. The van der Waals surface area contributed by atoms with Crippen LogP contribution >= 0.6 is 0 Å². The molecular weight excluding hydrogens is 324 g/mol. The number of carbonyl (C=O) groups is 2. The molecule has 2 heterocycles. The Hall–Kier alpha value is -3.62. The first kappa shape index (κ1) is 16.2. The van der Waals surface area contributed by atoms with Gasteiger partial charge in [0.1, 0.15) is 5.69 Å². The minimum atomic E-state index is -0.595. The quantitative estimate of drug-likeness (QED) is 0.716. The van der Waals surface area contributed by atoms with Crippen molar-refractivity contribution in [2.24, 2.45) is 0 Å². The highest BCUT2D eigenvalue weighted by Gasteiger charge is 2.15. The first-order valence-electron chi connectivity index (χ1n) is 7.28. The van der Waals surface area contributed by atoms with E-state index >= 15 is 0 Å². The third-order valence-electron chi connectivity index (χ3n) is 3.30. The summed E-state index contributed by atoms with van der Waals surface area (Å²) in [6.45, 7) is 1.79. The number of anilines is 1. The van der Waals surface area contributed by atoms with Gasteiger partial charge in [0.25, 0.3) is 5.91 Å². The number of hydrogen-bond donors (Lipinski definition) is 1. The van der Waals surface area contributed by atoms with Crippen LogP contribution in [0.3, 0.4) is 0 Å². The van der Waals surface area contributed by atoms with Crippen molar-refractivity contribution in [3.05, 3.63) is 59.9 Å². The molecule has 0 aliphatic carbocycles. The Morgan fingerprint density at radius 2 is 1.92 bits per heavy atom. The fourth-order valence-electron chi connectivity index (χ4n) is 2.05. The van der Waals surface area contributed by atoms with Crippen LogP contribution in [0, 0.1) is 6.92 Å². The molecule has 3 aromatic rings. The lowest BCUT2D eigenvalue weighted by atomic mass is 10.2. The molecule has 9 heteroatoms. The van der Waals surface area contributed by atoms with Gasteiger partial charge < -0.3 is 10.1 Å². The summed E-state index contributed by atoms with van der Waals surface area (Å²) in [7, 11) is 1.26. The van der Waals surface area contributed by atoms with Crippen molar-refractivity contribution in [2.75, 3.05) is 12.4 Å². The normalized spacial score (nSPS) is 10.3. The third kappa shape index (κ3) is 3.50. The molecule has 1 amide bonds. The van der Waals surface area contributed by atoms with Gasteiger partial charge in [0.2, 0.25) is 0 Å². The summed E-state index contributed by atoms with van der Waals surface area (Å²) in [5.74, 6) is -1.00. The second-order valence-corrected chi connectivity index (χ2v) is 5.05. The second-order valence-electron chi connectivity index (χ2n) is 5.05. The van der Waals surface area contributed by atoms with Crippen molar-refractivity contribution in [1.29, 1.82) is 0 Å². The summed E-state index contributed by atoms with van der Waals surface area (Å²) in [5, 5.41) is 10.4. The van der Waals surface area contributed by atoms with Gasteiger partial charge in [-0.25, -0.2) is 14.5 Å². The van der Waals surface area contributed by atoms with Crippen molar-refractivity contribution in [1.82, 2.24) is 25.0 Å². The number of aromatic nitrogens is 5. The minimum absolute atomic E-state index is 0.0630. The van der Waals surface area contributed by atoms with Crippen LogP contribution in [-0.4, -0.2) is 43.9 Å². The van der Waals surface area contributed by atoms with Gasteiger partial charge in [-0.2, -0.15) is 0 Å². The van der Waals surface area contributed by atoms with Crippen LogP contribution < -0.4 is 5.32 Å². The van der Waals surface area contributed by atoms with Gasteiger partial charge in [-0.15, -0.1) is 5.10 Å². The van der Waals surface area contributed by atoms with E-state index in [-0.39, 0.29) is 11.4 Å². The van der Waals surface area contributed by atoms with E-state index in [9.17, 15) is 9.59 Å². The Kier molecular flexibility index (Phi) is 4.46. The van der Waals surface area contributed by atoms with E-state index in [0.717, 1.165) is 5.69 Å². The number of methoxy groups -OCH3 is 1. The molecule has 0 spiro atoms. The van der Waals surface area contributed by atoms with Crippen molar-refractivity contribution >= 4 is 17.6 Å². The highest BCUT2D eigenvalue weighted by Crippen LogP contribution is 2.20. The Balaban J connectivity index is 1.88. The number of nitrogens with one attached hydrogen (secondary N) is 1. The maximum atomic E-state index is 12.3. The zero-order valence-corrected chi connectivity index (χ0v) is 13.5. The lowest BCUT2D eigenvalue weighted by Gasteiger charge is -2.10. The number of esters is 1. The Bertz CT molecular complexity index is 920. The van der Waals surface area contributed by atoms with Gasteiger partial charge in [-0.05, 0) is 19.1 Å². The molecule has 1 aromatic carbocycles. The maximum Gasteiger partial charge on any atom is 0.360 e. The largest absolute Gasteiger partial charge is 0.464 e. The summed E-state index contributed by atoms with van der Waals surface area (Å²) < 4.78 is 5.99. The molecule has 25 heavy (non-hydrogen) atoms. The summed E-state index contributed by atoms with van der Waals surface area (Å²) in [4.78, 5) is 31.9. The monoisotopic (exact) mass is 338 g/mol. The number of hydrogen-bond acceptors (Lipinski definition) is 7. The van der Waals surface area contributed by atoms with Crippen molar-refractivity contribution < 1.29 is 14.3 Å². The summed E-state index contributed by atoms with van der Waals surface area (Å²) in [6.07, 6.45) is 4.33. The van der Waals surface area contributed by atoms with Gasteiger partial charge in [0.15, 0.2) is 5.69 Å². The fourth-order valence-corrected chi connectivity index (χ4v) is 2.05. The lowest BCUT2D eigenvalue weighted by Crippen LogP contribution is -2.16. The molecule has 0 aliphatic heterocycles. The molecule has 0 radical (unpaired) electrons. The van der Waals surface area contributed by atoms with E-state index in [0.29, 0.717) is 11.4 Å². The second kappa shape index (κ2) is 6.87. The molecule has 0 atom stereocenters. The number of nitrogens with zero attached hydrogens (tertiary/aromatic N) is 5. The zero-order valence-electron chi connectivity index (χ0n) is 13.5. The molecule has 0 aliphatic rings. The molecule has 3 rings (SSSR count). The van der Waals surface area contributed by atoms with Crippen LogP contribution in [0.2, 0.25) is 0 Å². The molecule has 126 valence electrons. The first-order chi connectivity index (χ1) is 12.1. The van der Waals surface area contributed by atoms with Crippen molar-refractivity contribution in [2.45, 2.75) is 6.92 Å². The highest BCUT2D eigenvalue weighted by atomic mass is 16.5. The molecule has 0 fully saturated rings.